The molecule has 2 aromatic rings. The van der Waals surface area contributed by atoms with Gasteiger partial charge in [-0.25, -0.2) is 0 Å². The number of hydrogen-bond donors (Lipinski definition) is 1. The average Bonchev–Trinajstić information content (AvgIpc) is 2.76. The molecule has 0 radical (unpaired) electrons. The third-order valence-electron chi connectivity index (χ3n) is 5.19. The molecule has 1 aliphatic heterocycles. The van der Waals surface area contributed by atoms with Crippen molar-refractivity contribution in [3.05, 3.63) is 57.6 Å². The van der Waals surface area contributed by atoms with Gasteiger partial charge in [-0.3, -0.25) is 9.59 Å². The lowest BCUT2D eigenvalue weighted by Crippen LogP contribution is -2.49. The van der Waals surface area contributed by atoms with Crippen LogP contribution in [0.5, 0.6) is 11.5 Å². The topological polar surface area (TPSA) is 67.9 Å². The van der Waals surface area contributed by atoms with Gasteiger partial charge in [-0.05, 0) is 62.6 Å². The predicted octanol–water partition coefficient (Wildman–Crippen LogP) is 4.64. The molecule has 0 bridgehead atoms. The molecule has 32 heavy (non-hydrogen) atoms. The zero-order valence-corrected chi connectivity index (χ0v) is 20.0. The van der Waals surface area contributed by atoms with E-state index in [1.54, 1.807) is 30.0 Å². The maximum atomic E-state index is 13.2. The van der Waals surface area contributed by atoms with Crippen molar-refractivity contribution < 1.29 is 19.1 Å². The van der Waals surface area contributed by atoms with E-state index in [0.717, 1.165) is 11.1 Å². The molecule has 3 rings (SSSR count). The third-order valence-corrected chi connectivity index (χ3v) is 5.78. The van der Waals surface area contributed by atoms with E-state index in [9.17, 15) is 9.59 Å². The Labute approximate surface area is 198 Å². The number of aryl methyl sites for hydroxylation is 1. The lowest BCUT2D eigenvalue weighted by Gasteiger charge is -2.30. The highest BCUT2D eigenvalue weighted by Crippen LogP contribution is 2.31. The molecule has 1 heterocycles. The summed E-state index contributed by atoms with van der Waals surface area (Å²) in [7, 11) is 0. The van der Waals surface area contributed by atoms with Crippen LogP contribution in [0.1, 0.15) is 38.3 Å². The Kier molecular flexibility index (Phi) is 8.26. The number of rotatable bonds is 8. The predicted molar refractivity (Wildman–Crippen MR) is 126 cm³/mol. The Morgan fingerprint density at radius 3 is 2.44 bits per heavy atom. The smallest absolute Gasteiger partial charge is 0.242 e. The van der Waals surface area contributed by atoms with Crippen molar-refractivity contribution >= 4 is 35.0 Å². The van der Waals surface area contributed by atoms with Crippen molar-refractivity contribution in [2.45, 2.75) is 52.2 Å². The van der Waals surface area contributed by atoms with Crippen molar-refractivity contribution in [2.24, 2.45) is 0 Å². The Balaban J connectivity index is 1.75. The fourth-order valence-corrected chi connectivity index (χ4v) is 3.93. The van der Waals surface area contributed by atoms with Gasteiger partial charge in [0.1, 0.15) is 19.3 Å². The normalized spacial score (nSPS) is 13.6. The van der Waals surface area contributed by atoms with E-state index in [-0.39, 0.29) is 30.8 Å². The molecular formula is C24H28Cl2N2O4. The second-order valence-corrected chi connectivity index (χ2v) is 8.92. The molecule has 0 saturated carbocycles. The number of fused-ring (bicyclic) bond motifs is 1. The number of carbonyl (C=O) groups is 2. The quantitative estimate of drug-likeness (QED) is 0.599. The number of carbonyl (C=O) groups excluding carboxylic acids is 2. The van der Waals surface area contributed by atoms with Crippen LogP contribution in [0.4, 0.5) is 0 Å². The molecule has 6 nitrogen and oxygen atoms in total. The van der Waals surface area contributed by atoms with Gasteiger partial charge in [0.25, 0.3) is 0 Å². The number of amides is 2. The Hall–Kier alpha value is -2.44. The van der Waals surface area contributed by atoms with Gasteiger partial charge in [-0.2, -0.15) is 0 Å². The summed E-state index contributed by atoms with van der Waals surface area (Å²) in [6.45, 7) is 6.74. The van der Waals surface area contributed by atoms with E-state index in [4.69, 9.17) is 32.7 Å². The number of ether oxygens (including phenoxy) is 2. The molecule has 0 saturated heterocycles. The summed E-state index contributed by atoms with van der Waals surface area (Å²) in [5.74, 6) is 1.05. The number of hydrogen-bond acceptors (Lipinski definition) is 4. The Bertz CT molecular complexity index is 980. The molecule has 1 unspecified atom stereocenters. The van der Waals surface area contributed by atoms with Gasteiger partial charge in [-0.15, -0.1) is 0 Å². The molecule has 0 fully saturated rings. The summed E-state index contributed by atoms with van der Waals surface area (Å²) in [6.07, 6.45) is 0.753. The zero-order valence-electron chi connectivity index (χ0n) is 18.5. The molecule has 0 aliphatic carbocycles. The lowest BCUT2D eigenvalue weighted by atomic mass is 10.1. The van der Waals surface area contributed by atoms with Crippen molar-refractivity contribution in [1.82, 2.24) is 10.2 Å². The van der Waals surface area contributed by atoms with Crippen molar-refractivity contribution in [2.75, 3.05) is 13.2 Å². The van der Waals surface area contributed by atoms with E-state index in [1.165, 1.54) is 0 Å². The highest BCUT2D eigenvalue weighted by molar-refractivity contribution is 6.35. The Morgan fingerprint density at radius 2 is 1.75 bits per heavy atom. The highest BCUT2D eigenvalue weighted by Gasteiger charge is 2.27. The minimum Gasteiger partial charge on any atom is -0.486 e. The van der Waals surface area contributed by atoms with Crippen LogP contribution in [0.3, 0.4) is 0 Å². The third kappa shape index (κ3) is 6.30. The van der Waals surface area contributed by atoms with E-state index >= 15 is 0 Å². The van der Waals surface area contributed by atoms with E-state index in [2.05, 4.69) is 5.32 Å². The van der Waals surface area contributed by atoms with Gasteiger partial charge >= 0.3 is 0 Å². The maximum absolute atomic E-state index is 13.2. The van der Waals surface area contributed by atoms with Gasteiger partial charge in [0.05, 0.1) is 0 Å². The van der Waals surface area contributed by atoms with Crippen LogP contribution in [-0.4, -0.2) is 42.0 Å². The van der Waals surface area contributed by atoms with E-state index in [0.29, 0.717) is 41.2 Å². The first kappa shape index (κ1) is 24.2. The standard InChI is InChI=1S/C24H28Cl2N2O4/c1-15(2)27-24(30)16(3)28(14-18-6-7-19(25)13-20(18)26)23(29)9-5-17-4-8-21-22(12-17)32-11-10-31-21/h4,6-8,12-13,15-16H,5,9-11,14H2,1-3H3,(H,27,30). The van der Waals surface area contributed by atoms with Crippen molar-refractivity contribution in [1.29, 1.82) is 0 Å². The second kappa shape index (κ2) is 10.9. The largest absolute Gasteiger partial charge is 0.486 e. The summed E-state index contributed by atoms with van der Waals surface area (Å²) in [6, 6.07) is 10.1. The molecular weight excluding hydrogens is 451 g/mol. The fraction of sp³-hybridized carbons (Fsp3) is 0.417. The van der Waals surface area contributed by atoms with Crippen LogP contribution >= 0.6 is 23.2 Å². The first-order chi connectivity index (χ1) is 15.2. The molecule has 2 aromatic carbocycles. The molecule has 172 valence electrons. The summed E-state index contributed by atoms with van der Waals surface area (Å²) in [5, 5.41) is 3.85. The van der Waals surface area contributed by atoms with Gasteiger partial charge in [0, 0.05) is 29.1 Å². The molecule has 1 atom stereocenters. The van der Waals surface area contributed by atoms with Gasteiger partial charge < -0.3 is 19.7 Å². The molecule has 1 N–H and O–H groups in total. The fourth-order valence-electron chi connectivity index (χ4n) is 3.46. The van der Waals surface area contributed by atoms with Crippen LogP contribution in [0.15, 0.2) is 36.4 Å². The first-order valence-electron chi connectivity index (χ1n) is 10.7. The van der Waals surface area contributed by atoms with Crippen LogP contribution in [-0.2, 0) is 22.6 Å². The maximum Gasteiger partial charge on any atom is 0.242 e. The van der Waals surface area contributed by atoms with E-state index in [1.807, 2.05) is 32.0 Å². The molecule has 2 amide bonds. The first-order valence-corrected chi connectivity index (χ1v) is 11.4. The van der Waals surface area contributed by atoms with Gasteiger partial charge in [-0.1, -0.05) is 35.3 Å². The summed E-state index contributed by atoms with van der Waals surface area (Å²) < 4.78 is 11.2. The second-order valence-electron chi connectivity index (χ2n) is 8.07. The molecule has 8 heteroatoms. The minimum absolute atomic E-state index is 0.0289. The average molecular weight is 479 g/mol. The molecule has 0 aromatic heterocycles. The molecule has 1 aliphatic rings. The number of halogens is 2. The summed E-state index contributed by atoms with van der Waals surface area (Å²) in [5.41, 5.74) is 1.69. The molecule has 0 spiro atoms. The monoisotopic (exact) mass is 478 g/mol. The summed E-state index contributed by atoms with van der Waals surface area (Å²) in [4.78, 5) is 27.5. The van der Waals surface area contributed by atoms with Crippen molar-refractivity contribution in [3.63, 3.8) is 0 Å². The van der Waals surface area contributed by atoms with Crippen LogP contribution in [0.2, 0.25) is 10.0 Å². The van der Waals surface area contributed by atoms with Crippen LogP contribution in [0.25, 0.3) is 0 Å². The SMILES string of the molecule is CC(C)NC(=O)C(C)N(Cc1ccc(Cl)cc1Cl)C(=O)CCc1ccc2c(c1)OCCO2. The number of nitrogens with zero attached hydrogens (tertiary/aromatic N) is 1. The minimum atomic E-state index is -0.656. The van der Waals surface area contributed by atoms with Crippen molar-refractivity contribution in [3.8, 4) is 11.5 Å². The van der Waals surface area contributed by atoms with Gasteiger partial charge in [0.2, 0.25) is 11.8 Å². The van der Waals surface area contributed by atoms with Crippen LogP contribution < -0.4 is 14.8 Å². The highest BCUT2D eigenvalue weighted by atomic mass is 35.5. The number of nitrogens with one attached hydrogen (secondary N) is 1. The number of benzene rings is 2. The van der Waals surface area contributed by atoms with Gasteiger partial charge in [0.15, 0.2) is 11.5 Å². The van der Waals surface area contributed by atoms with E-state index < -0.39 is 6.04 Å². The zero-order chi connectivity index (χ0) is 23.3. The summed E-state index contributed by atoms with van der Waals surface area (Å²) >= 11 is 12.3. The lowest BCUT2D eigenvalue weighted by molar-refractivity contribution is -0.140. The Morgan fingerprint density at radius 1 is 1.03 bits per heavy atom. The van der Waals surface area contributed by atoms with Crippen LogP contribution in [0, 0.1) is 0 Å².